The number of aromatic nitrogens is 4. The summed E-state index contributed by atoms with van der Waals surface area (Å²) in [6.07, 6.45) is 1.72. The van der Waals surface area contributed by atoms with E-state index in [2.05, 4.69) is 20.4 Å². The van der Waals surface area contributed by atoms with Gasteiger partial charge in [-0.25, -0.2) is 19.0 Å². The van der Waals surface area contributed by atoms with E-state index in [1.807, 2.05) is 32.4 Å². The maximum atomic E-state index is 13.2. The van der Waals surface area contributed by atoms with Crippen molar-refractivity contribution in [3.05, 3.63) is 58.5 Å². The summed E-state index contributed by atoms with van der Waals surface area (Å²) in [4.78, 5) is 22.9. The molecule has 4 rings (SSSR count). The predicted molar refractivity (Wildman–Crippen MR) is 113 cm³/mol. The van der Waals surface area contributed by atoms with Crippen molar-refractivity contribution in [2.24, 2.45) is 0 Å². The molecule has 3 aromatic heterocycles. The zero-order valence-corrected chi connectivity index (χ0v) is 17.3. The molecule has 1 aromatic carbocycles. The molecule has 0 aliphatic heterocycles. The van der Waals surface area contributed by atoms with Crippen LogP contribution in [-0.4, -0.2) is 25.7 Å². The average Bonchev–Trinajstić information content (AvgIpc) is 3.24. The number of pyridine rings is 1. The summed E-state index contributed by atoms with van der Waals surface area (Å²) in [5.74, 6) is -0.567. The van der Waals surface area contributed by atoms with E-state index in [4.69, 9.17) is 0 Å². The van der Waals surface area contributed by atoms with Crippen molar-refractivity contribution in [1.29, 1.82) is 0 Å². The Labute approximate surface area is 171 Å². The number of nitrogens with zero attached hydrogens (tertiary/aromatic N) is 4. The van der Waals surface area contributed by atoms with Gasteiger partial charge in [-0.1, -0.05) is 0 Å². The highest BCUT2D eigenvalue weighted by molar-refractivity contribution is 7.16. The first-order valence-electron chi connectivity index (χ1n) is 9.23. The summed E-state index contributed by atoms with van der Waals surface area (Å²) in [7, 11) is 0. The summed E-state index contributed by atoms with van der Waals surface area (Å²) < 4.78 is 15.0. The number of carbonyl (C=O) groups is 1. The number of hydrogen-bond donors (Lipinski definition) is 1. The number of benzene rings is 1. The molecule has 4 aromatic rings. The maximum absolute atomic E-state index is 13.2. The molecule has 8 heteroatoms. The van der Waals surface area contributed by atoms with Gasteiger partial charge in [0.05, 0.1) is 23.1 Å². The van der Waals surface area contributed by atoms with Crippen LogP contribution in [0.15, 0.2) is 36.5 Å². The van der Waals surface area contributed by atoms with E-state index in [9.17, 15) is 9.18 Å². The van der Waals surface area contributed by atoms with Gasteiger partial charge in [-0.05, 0) is 58.0 Å². The minimum atomic E-state index is -0.297. The second-order valence-electron chi connectivity index (χ2n) is 7.10. The third-order valence-electron chi connectivity index (χ3n) is 4.63. The SMILES string of the molecule is Cc1nc2c(cnn2C(C)C)cc1C(=O)Nc1nc(-c2ccc(F)cc2)c(C)s1. The lowest BCUT2D eigenvalue weighted by Gasteiger charge is -2.09. The van der Waals surface area contributed by atoms with Crippen molar-refractivity contribution < 1.29 is 9.18 Å². The summed E-state index contributed by atoms with van der Waals surface area (Å²) in [5, 5.41) is 8.53. The van der Waals surface area contributed by atoms with Crippen LogP contribution in [-0.2, 0) is 0 Å². The summed E-state index contributed by atoms with van der Waals surface area (Å²) in [5.41, 5.74) is 3.41. The van der Waals surface area contributed by atoms with Crippen molar-refractivity contribution in [1.82, 2.24) is 19.7 Å². The number of rotatable bonds is 4. The fourth-order valence-electron chi connectivity index (χ4n) is 3.16. The number of anilines is 1. The molecule has 0 atom stereocenters. The predicted octanol–water partition coefficient (Wildman–Crippen LogP) is 5.14. The van der Waals surface area contributed by atoms with Gasteiger partial charge in [-0.3, -0.25) is 10.1 Å². The highest BCUT2D eigenvalue weighted by atomic mass is 32.1. The van der Waals surface area contributed by atoms with Crippen molar-refractivity contribution in [3.63, 3.8) is 0 Å². The Morgan fingerprint density at radius 2 is 1.90 bits per heavy atom. The van der Waals surface area contributed by atoms with Crippen LogP contribution in [0.3, 0.4) is 0 Å². The number of hydrogen-bond acceptors (Lipinski definition) is 5. The van der Waals surface area contributed by atoms with E-state index in [-0.39, 0.29) is 17.8 Å². The Balaban J connectivity index is 1.62. The minimum Gasteiger partial charge on any atom is -0.298 e. The number of thiazole rings is 1. The summed E-state index contributed by atoms with van der Waals surface area (Å²) in [6.45, 7) is 7.80. The van der Waals surface area contributed by atoms with E-state index >= 15 is 0 Å². The van der Waals surface area contributed by atoms with E-state index in [1.54, 1.807) is 24.4 Å². The highest BCUT2D eigenvalue weighted by Crippen LogP contribution is 2.31. The standard InChI is InChI=1S/C21H20FN5OS/c1-11(2)27-19-15(10-23-27)9-17(12(3)24-19)20(28)26-21-25-18(13(4)29-21)14-5-7-16(22)8-6-14/h5-11H,1-4H3,(H,25,26,28). The van der Waals surface area contributed by atoms with Gasteiger partial charge in [0.15, 0.2) is 10.8 Å². The summed E-state index contributed by atoms with van der Waals surface area (Å²) in [6, 6.07) is 8.14. The van der Waals surface area contributed by atoms with Crippen LogP contribution >= 0.6 is 11.3 Å². The Hall–Kier alpha value is -3.13. The minimum absolute atomic E-state index is 0.183. The molecule has 0 saturated carbocycles. The zero-order valence-electron chi connectivity index (χ0n) is 16.5. The molecule has 0 fully saturated rings. The van der Waals surface area contributed by atoms with Crippen molar-refractivity contribution in [3.8, 4) is 11.3 Å². The first kappa shape index (κ1) is 19.2. The number of amides is 1. The Morgan fingerprint density at radius 1 is 1.17 bits per heavy atom. The van der Waals surface area contributed by atoms with Crippen LogP contribution in [0, 0.1) is 19.7 Å². The molecule has 0 saturated heterocycles. The Morgan fingerprint density at radius 3 is 2.59 bits per heavy atom. The van der Waals surface area contributed by atoms with Crippen LogP contribution in [0.2, 0.25) is 0 Å². The van der Waals surface area contributed by atoms with Crippen LogP contribution < -0.4 is 5.32 Å². The van der Waals surface area contributed by atoms with Gasteiger partial charge in [0.1, 0.15) is 5.82 Å². The first-order chi connectivity index (χ1) is 13.8. The van der Waals surface area contributed by atoms with Gasteiger partial charge in [0.2, 0.25) is 0 Å². The van der Waals surface area contributed by atoms with Crippen molar-refractivity contribution in [2.45, 2.75) is 33.7 Å². The van der Waals surface area contributed by atoms with E-state index in [1.165, 1.54) is 23.5 Å². The normalized spacial score (nSPS) is 11.4. The van der Waals surface area contributed by atoms with Crippen LogP contribution in [0.1, 0.15) is 40.8 Å². The molecule has 148 valence electrons. The van der Waals surface area contributed by atoms with E-state index in [0.29, 0.717) is 16.4 Å². The molecule has 3 heterocycles. The Bertz CT molecular complexity index is 1210. The van der Waals surface area contributed by atoms with Crippen LogP contribution in [0.4, 0.5) is 9.52 Å². The van der Waals surface area contributed by atoms with Crippen LogP contribution in [0.5, 0.6) is 0 Å². The fourth-order valence-corrected chi connectivity index (χ4v) is 3.99. The van der Waals surface area contributed by atoms with Crippen LogP contribution in [0.25, 0.3) is 22.3 Å². The largest absolute Gasteiger partial charge is 0.298 e. The zero-order chi connectivity index (χ0) is 20.7. The molecular formula is C21H20FN5OS. The van der Waals surface area contributed by atoms with Gasteiger partial charge >= 0.3 is 0 Å². The number of fused-ring (bicyclic) bond motifs is 1. The van der Waals surface area contributed by atoms with E-state index in [0.717, 1.165) is 27.2 Å². The maximum Gasteiger partial charge on any atom is 0.259 e. The second kappa shape index (κ2) is 7.36. The third-order valence-corrected chi connectivity index (χ3v) is 5.51. The Kier molecular flexibility index (Phi) is 4.87. The fraction of sp³-hybridized carbons (Fsp3) is 0.238. The second-order valence-corrected chi connectivity index (χ2v) is 8.31. The monoisotopic (exact) mass is 409 g/mol. The lowest BCUT2D eigenvalue weighted by Crippen LogP contribution is -2.14. The molecule has 0 spiro atoms. The van der Waals surface area contributed by atoms with Gasteiger partial charge in [-0.2, -0.15) is 5.10 Å². The molecule has 0 aliphatic rings. The number of nitrogens with one attached hydrogen (secondary N) is 1. The molecule has 0 unspecified atom stereocenters. The van der Waals surface area contributed by atoms with Gasteiger partial charge < -0.3 is 0 Å². The quantitative estimate of drug-likeness (QED) is 0.506. The lowest BCUT2D eigenvalue weighted by molar-refractivity contribution is 0.102. The molecular weight excluding hydrogens is 389 g/mol. The van der Waals surface area contributed by atoms with Gasteiger partial charge in [-0.15, -0.1) is 11.3 Å². The molecule has 1 amide bonds. The van der Waals surface area contributed by atoms with Crippen molar-refractivity contribution in [2.75, 3.05) is 5.32 Å². The highest BCUT2D eigenvalue weighted by Gasteiger charge is 2.18. The number of aryl methyl sites for hydroxylation is 2. The van der Waals surface area contributed by atoms with Gasteiger partial charge in [0.25, 0.3) is 5.91 Å². The number of halogens is 1. The lowest BCUT2D eigenvalue weighted by atomic mass is 10.1. The summed E-state index contributed by atoms with van der Waals surface area (Å²) >= 11 is 1.38. The third kappa shape index (κ3) is 3.63. The topological polar surface area (TPSA) is 72.7 Å². The van der Waals surface area contributed by atoms with E-state index < -0.39 is 0 Å². The molecule has 0 radical (unpaired) electrons. The van der Waals surface area contributed by atoms with Crippen molar-refractivity contribution >= 4 is 33.4 Å². The molecule has 6 nitrogen and oxygen atoms in total. The molecule has 0 aliphatic carbocycles. The average molecular weight is 409 g/mol. The molecule has 0 bridgehead atoms. The first-order valence-corrected chi connectivity index (χ1v) is 10.0. The van der Waals surface area contributed by atoms with Gasteiger partial charge in [0, 0.05) is 21.9 Å². The molecule has 29 heavy (non-hydrogen) atoms. The number of carbonyl (C=O) groups excluding carboxylic acids is 1. The molecule has 1 N–H and O–H groups in total. The smallest absolute Gasteiger partial charge is 0.259 e.